The Labute approximate surface area is 278 Å². The number of halogens is 1. The van der Waals surface area contributed by atoms with Gasteiger partial charge in [-0.1, -0.05) is 39.1 Å². The van der Waals surface area contributed by atoms with E-state index in [1.807, 2.05) is 32.0 Å². The second-order valence-corrected chi connectivity index (χ2v) is 11.4. The zero-order valence-electron chi connectivity index (χ0n) is 27.0. The molecule has 3 aromatic carbocycles. The summed E-state index contributed by atoms with van der Waals surface area (Å²) in [5.41, 5.74) is 3.13. The highest BCUT2D eigenvalue weighted by atomic mass is 19.1. The summed E-state index contributed by atoms with van der Waals surface area (Å²) in [7, 11) is 0. The van der Waals surface area contributed by atoms with Gasteiger partial charge in [0.05, 0.1) is 18.8 Å². The topological polar surface area (TPSA) is 124 Å². The minimum absolute atomic E-state index is 0.00297. The number of esters is 4. The number of ether oxygens (including phenoxy) is 6. The van der Waals surface area contributed by atoms with Crippen molar-refractivity contribution in [2.75, 3.05) is 26.4 Å². The normalized spacial score (nSPS) is 12.9. The van der Waals surface area contributed by atoms with Gasteiger partial charge in [-0.3, -0.25) is 4.79 Å². The number of benzene rings is 3. The van der Waals surface area contributed by atoms with Gasteiger partial charge in [0.2, 0.25) is 0 Å². The number of fused-ring (bicyclic) bond motifs is 3. The third kappa shape index (κ3) is 8.95. The highest BCUT2D eigenvalue weighted by Gasteiger charge is 2.36. The lowest BCUT2D eigenvalue weighted by molar-refractivity contribution is -0.156. The van der Waals surface area contributed by atoms with Crippen LogP contribution in [0.2, 0.25) is 0 Å². The molecule has 252 valence electrons. The van der Waals surface area contributed by atoms with Crippen molar-refractivity contribution in [1.29, 1.82) is 0 Å². The van der Waals surface area contributed by atoms with Crippen molar-refractivity contribution in [3.05, 3.63) is 102 Å². The van der Waals surface area contributed by atoms with Crippen molar-refractivity contribution in [3.8, 4) is 28.4 Å². The predicted molar refractivity (Wildman–Crippen MR) is 173 cm³/mol. The van der Waals surface area contributed by atoms with E-state index in [4.69, 9.17) is 28.4 Å². The minimum Gasteiger partial charge on any atom is -0.493 e. The van der Waals surface area contributed by atoms with Crippen LogP contribution in [-0.2, 0) is 34.0 Å². The Kier molecular flexibility index (Phi) is 11.9. The van der Waals surface area contributed by atoms with Crippen molar-refractivity contribution in [3.63, 3.8) is 0 Å². The number of carbonyl (C=O) groups is 4. The van der Waals surface area contributed by atoms with Crippen LogP contribution in [0.3, 0.4) is 0 Å². The highest BCUT2D eigenvalue weighted by Crippen LogP contribution is 2.50. The summed E-state index contributed by atoms with van der Waals surface area (Å²) in [6.07, 6.45) is 2.34. The zero-order valence-corrected chi connectivity index (χ0v) is 27.0. The monoisotopic (exact) mass is 660 g/mol. The van der Waals surface area contributed by atoms with E-state index >= 15 is 0 Å². The van der Waals surface area contributed by atoms with Gasteiger partial charge in [0.1, 0.15) is 29.7 Å². The summed E-state index contributed by atoms with van der Waals surface area (Å²) in [4.78, 5) is 47.1. The highest BCUT2D eigenvalue weighted by molar-refractivity contribution is 5.92. The molecule has 4 rings (SSSR count). The molecule has 0 aromatic heterocycles. The molecule has 0 saturated heterocycles. The Morgan fingerprint density at radius 1 is 0.792 bits per heavy atom. The first-order valence-electron chi connectivity index (χ1n) is 15.2. The minimum atomic E-state index is -0.849. The Morgan fingerprint density at radius 3 is 2.00 bits per heavy atom. The van der Waals surface area contributed by atoms with Crippen LogP contribution in [-0.4, -0.2) is 56.4 Å². The number of unbranched alkanes of at least 4 members (excludes halogenated alkanes) is 1. The number of rotatable bonds is 16. The first kappa shape index (κ1) is 35.6. The molecular formula is C37H37FO10. The maximum atomic E-state index is 14.9. The average molecular weight is 661 g/mol. The smallest absolute Gasteiger partial charge is 0.346 e. The summed E-state index contributed by atoms with van der Waals surface area (Å²) in [5.74, 6) is -2.40. The van der Waals surface area contributed by atoms with Crippen LogP contribution < -0.4 is 14.2 Å². The van der Waals surface area contributed by atoms with E-state index in [1.165, 1.54) is 19.1 Å². The molecule has 0 amide bonds. The molecule has 0 N–H and O–H groups in total. The molecule has 0 radical (unpaired) electrons. The fourth-order valence-electron chi connectivity index (χ4n) is 5.18. The van der Waals surface area contributed by atoms with E-state index in [9.17, 15) is 23.6 Å². The van der Waals surface area contributed by atoms with Crippen molar-refractivity contribution < 1.29 is 52.0 Å². The van der Waals surface area contributed by atoms with Gasteiger partial charge in [-0.15, -0.1) is 0 Å². The van der Waals surface area contributed by atoms with Gasteiger partial charge in [-0.2, -0.15) is 0 Å². The van der Waals surface area contributed by atoms with Crippen molar-refractivity contribution >= 4 is 23.9 Å². The van der Waals surface area contributed by atoms with Crippen LogP contribution in [0, 0.1) is 5.82 Å². The molecule has 10 nitrogen and oxygen atoms in total. The molecule has 0 aliphatic heterocycles. The third-order valence-electron chi connectivity index (χ3n) is 7.53. The van der Waals surface area contributed by atoms with Crippen LogP contribution in [0.25, 0.3) is 11.1 Å². The van der Waals surface area contributed by atoms with Gasteiger partial charge in [-0.05, 0) is 71.5 Å². The van der Waals surface area contributed by atoms with Crippen molar-refractivity contribution in [2.24, 2.45) is 0 Å². The molecule has 1 unspecified atom stereocenters. The lowest BCUT2D eigenvalue weighted by Crippen LogP contribution is -2.29. The van der Waals surface area contributed by atoms with E-state index in [2.05, 4.69) is 13.2 Å². The quantitative estimate of drug-likeness (QED) is 0.0751. The van der Waals surface area contributed by atoms with Gasteiger partial charge < -0.3 is 28.4 Å². The number of hydrogen-bond acceptors (Lipinski definition) is 10. The molecule has 0 spiro atoms. The maximum absolute atomic E-state index is 14.9. The maximum Gasteiger partial charge on any atom is 0.346 e. The first-order chi connectivity index (χ1) is 22.9. The lowest BCUT2D eigenvalue weighted by Gasteiger charge is -2.22. The van der Waals surface area contributed by atoms with Gasteiger partial charge >= 0.3 is 23.9 Å². The van der Waals surface area contributed by atoms with E-state index in [0.717, 1.165) is 40.5 Å². The Balaban J connectivity index is 1.26. The molecule has 0 heterocycles. The van der Waals surface area contributed by atoms with Crippen LogP contribution in [0.5, 0.6) is 17.2 Å². The average Bonchev–Trinajstić information content (AvgIpc) is 3.27. The molecule has 1 aliphatic rings. The van der Waals surface area contributed by atoms with E-state index in [-0.39, 0.29) is 36.9 Å². The second-order valence-electron chi connectivity index (χ2n) is 11.4. The summed E-state index contributed by atoms with van der Waals surface area (Å²) in [5, 5.41) is 0. The summed E-state index contributed by atoms with van der Waals surface area (Å²) >= 11 is 0. The van der Waals surface area contributed by atoms with E-state index in [1.54, 1.807) is 18.2 Å². The number of carbonyl (C=O) groups excluding carboxylic acids is 4. The van der Waals surface area contributed by atoms with Crippen LogP contribution in [0.1, 0.15) is 55.1 Å². The van der Waals surface area contributed by atoms with Gasteiger partial charge in [-0.25, -0.2) is 18.8 Å². The Bertz CT molecular complexity index is 1710. The summed E-state index contributed by atoms with van der Waals surface area (Å²) in [6, 6.07) is 14.7. The molecule has 0 fully saturated rings. The number of hydrogen-bond donors (Lipinski definition) is 0. The Morgan fingerprint density at radius 2 is 1.40 bits per heavy atom. The van der Waals surface area contributed by atoms with Gasteiger partial charge in [0.15, 0.2) is 6.10 Å². The third-order valence-corrected chi connectivity index (χ3v) is 7.53. The summed E-state index contributed by atoms with van der Waals surface area (Å²) in [6.45, 7) is 12.4. The fraction of sp³-hybridized carbons (Fsp3) is 0.297. The first-order valence-corrected chi connectivity index (χ1v) is 15.2. The summed E-state index contributed by atoms with van der Waals surface area (Å²) < 4.78 is 46.9. The van der Waals surface area contributed by atoms with E-state index < -0.39 is 41.2 Å². The van der Waals surface area contributed by atoms with Gasteiger partial charge in [0.25, 0.3) is 0 Å². The fourth-order valence-corrected chi connectivity index (χ4v) is 5.18. The largest absolute Gasteiger partial charge is 0.493 e. The zero-order chi connectivity index (χ0) is 34.8. The molecule has 0 bridgehead atoms. The Hall–Kier alpha value is -5.29. The molecule has 11 heteroatoms. The van der Waals surface area contributed by atoms with Crippen molar-refractivity contribution in [1.82, 2.24) is 0 Å². The molecule has 0 saturated carbocycles. The molecule has 48 heavy (non-hydrogen) atoms. The SMILES string of the molecule is C=CC(=O)OCC(COCCCCOc1ccc(C(=O)Oc2ccc3c(c2)C(C)(C)c2cc(OC(C)=O)ccc2-3)c(F)c1)OC(=O)C=C. The van der Waals surface area contributed by atoms with Crippen LogP contribution in [0.15, 0.2) is 79.9 Å². The molecular weight excluding hydrogens is 623 g/mol. The second kappa shape index (κ2) is 16.0. The lowest BCUT2D eigenvalue weighted by atomic mass is 9.82. The molecule has 3 aromatic rings. The van der Waals surface area contributed by atoms with Crippen LogP contribution >= 0.6 is 0 Å². The van der Waals surface area contributed by atoms with E-state index in [0.29, 0.717) is 25.2 Å². The van der Waals surface area contributed by atoms with Crippen LogP contribution in [0.4, 0.5) is 4.39 Å². The molecule has 1 aliphatic carbocycles. The van der Waals surface area contributed by atoms with Crippen molar-refractivity contribution in [2.45, 2.75) is 45.1 Å². The standard InChI is InChI=1S/C37H37FO10/c1-6-34(40)45-22-27(47-35(41)7-2)21-43-16-8-9-17-44-24-10-15-30(33(38)20-24)36(42)48-26-12-14-29-28-13-11-25(46-23(3)39)18-31(28)37(4,5)32(29)19-26/h6-7,10-15,18-20,27H,1-2,8-9,16-17,21-22H2,3-5H3. The predicted octanol–water partition coefficient (Wildman–Crippen LogP) is 6.28. The van der Waals surface area contributed by atoms with Gasteiger partial charge in [0, 0.05) is 37.2 Å². The molecule has 1 atom stereocenters.